The number of carbonyl (C=O) groups excluding carboxylic acids is 3. The van der Waals surface area contributed by atoms with Crippen LogP contribution in [0.1, 0.15) is 10.5 Å². The minimum Gasteiger partial charge on any atom is -0.501 e. The number of carbonyl (C=O) groups is 3. The van der Waals surface area contributed by atoms with Crippen molar-refractivity contribution in [2.24, 2.45) is 0 Å². The third-order valence-electron chi connectivity index (χ3n) is 3.87. The molecule has 3 aromatic heterocycles. The highest BCUT2D eigenvalue weighted by Crippen LogP contribution is 2.20. The fourth-order valence-corrected chi connectivity index (χ4v) is 2.08. The number of hydrogen-bond donors (Lipinski definition) is 6. The van der Waals surface area contributed by atoms with E-state index in [2.05, 4.69) is 44.2 Å². The van der Waals surface area contributed by atoms with Gasteiger partial charge in [-0.05, 0) is 0 Å². The highest BCUT2D eigenvalue weighted by molar-refractivity contribution is 5.96. The standard InChI is InChI=1S/C9H6N4O4.C6H8O6.C4H4N4/c1-10-4-3-11-13-7(4)12-5(9(16)17-2)6(14)8(13)15;1-11-5(9)3(7)4(8)6(10)12-2;1-6-3-2-7-8-4(3)5/h3,11,14H,2H3;7-8H,1-2H3;2H,(H3,5,7,8)/b;4-3+;. The largest absolute Gasteiger partial charge is 0.501 e. The number of nitrogen functional groups attached to an aromatic ring is 1. The highest BCUT2D eigenvalue weighted by atomic mass is 16.5. The fourth-order valence-electron chi connectivity index (χ4n) is 2.08. The van der Waals surface area contributed by atoms with Crippen molar-refractivity contribution in [3.63, 3.8) is 0 Å². The van der Waals surface area contributed by atoms with Gasteiger partial charge in [0.05, 0.1) is 40.7 Å². The molecule has 37 heavy (non-hydrogen) atoms. The Bertz CT molecular complexity index is 1460. The van der Waals surface area contributed by atoms with Crippen LogP contribution in [0.15, 0.2) is 28.7 Å². The number of methoxy groups -OCH3 is 3. The number of aliphatic hydroxyl groups excluding tert-OH is 2. The van der Waals surface area contributed by atoms with Gasteiger partial charge in [0, 0.05) is 6.20 Å². The molecule has 0 unspecified atom stereocenters. The zero-order valence-electron chi connectivity index (χ0n) is 19.2. The Kier molecular flexibility index (Phi) is 10.2. The van der Waals surface area contributed by atoms with Gasteiger partial charge in [-0.3, -0.25) is 9.89 Å². The normalized spacial score (nSPS) is 10.2. The second-order valence-electron chi connectivity index (χ2n) is 6.00. The monoisotopic (exact) mass is 518 g/mol. The quantitative estimate of drug-likeness (QED) is 0.0896. The molecule has 0 fully saturated rings. The van der Waals surface area contributed by atoms with Crippen LogP contribution in [-0.2, 0) is 23.8 Å². The van der Waals surface area contributed by atoms with Crippen molar-refractivity contribution < 1.29 is 43.9 Å². The first-order valence-corrected chi connectivity index (χ1v) is 9.22. The van der Waals surface area contributed by atoms with Crippen LogP contribution >= 0.6 is 0 Å². The first kappa shape index (κ1) is 29.0. The number of aliphatic hydroxyl groups is 2. The van der Waals surface area contributed by atoms with Crippen LogP contribution < -0.4 is 11.3 Å². The molecule has 18 heteroatoms. The number of nitrogens with two attached hydrogens (primary N) is 1. The van der Waals surface area contributed by atoms with Crippen LogP contribution in [0.2, 0.25) is 0 Å². The van der Waals surface area contributed by atoms with Crippen LogP contribution in [0.3, 0.4) is 0 Å². The number of ether oxygens (including phenoxy) is 3. The van der Waals surface area contributed by atoms with E-state index in [4.69, 9.17) is 29.1 Å². The Hall–Kier alpha value is -6.04. The van der Waals surface area contributed by atoms with Gasteiger partial charge in [0.2, 0.25) is 17.1 Å². The van der Waals surface area contributed by atoms with Gasteiger partial charge in [-0.25, -0.2) is 33.6 Å². The van der Waals surface area contributed by atoms with Gasteiger partial charge >= 0.3 is 23.5 Å². The molecule has 3 aromatic rings. The summed E-state index contributed by atoms with van der Waals surface area (Å²) in [5.74, 6) is -6.21. The molecule has 18 nitrogen and oxygen atoms in total. The number of hydrogen-bond acceptors (Lipinski definition) is 13. The molecule has 3 heterocycles. The zero-order chi connectivity index (χ0) is 28.3. The second-order valence-corrected chi connectivity index (χ2v) is 6.00. The first-order valence-electron chi connectivity index (χ1n) is 9.22. The van der Waals surface area contributed by atoms with Gasteiger partial charge in [-0.2, -0.15) is 5.10 Å². The summed E-state index contributed by atoms with van der Waals surface area (Å²) < 4.78 is 13.3. The van der Waals surface area contributed by atoms with Crippen molar-refractivity contribution in [3.8, 4) is 5.75 Å². The van der Waals surface area contributed by atoms with E-state index in [1.54, 1.807) is 0 Å². The van der Waals surface area contributed by atoms with E-state index < -0.39 is 46.4 Å². The van der Waals surface area contributed by atoms with Crippen LogP contribution in [0.4, 0.5) is 17.2 Å². The van der Waals surface area contributed by atoms with Crippen LogP contribution in [0, 0.1) is 13.1 Å². The number of aromatic amines is 2. The summed E-state index contributed by atoms with van der Waals surface area (Å²) in [5.41, 5.74) is 4.24. The molecule has 0 bridgehead atoms. The lowest BCUT2D eigenvalue weighted by molar-refractivity contribution is -0.144. The number of H-pyrrole nitrogens is 2. The molecule has 3 rings (SSSR count). The Balaban J connectivity index is 0.000000299. The minimum atomic E-state index is -1.21. The first-order chi connectivity index (χ1) is 17.5. The maximum Gasteiger partial charge on any atom is 0.377 e. The highest BCUT2D eigenvalue weighted by Gasteiger charge is 2.21. The lowest BCUT2D eigenvalue weighted by Crippen LogP contribution is -2.19. The van der Waals surface area contributed by atoms with Gasteiger partial charge in [0.15, 0.2) is 11.3 Å². The summed E-state index contributed by atoms with van der Waals surface area (Å²) in [6.07, 6.45) is 2.64. The van der Waals surface area contributed by atoms with E-state index in [9.17, 15) is 24.3 Å². The number of anilines is 1. The molecule has 0 saturated heterocycles. The third-order valence-corrected chi connectivity index (χ3v) is 3.87. The Morgan fingerprint density at radius 3 is 1.95 bits per heavy atom. The molecule has 0 amide bonds. The summed E-state index contributed by atoms with van der Waals surface area (Å²) in [7, 11) is 3.07. The molecule has 0 atom stereocenters. The fraction of sp³-hybridized carbons (Fsp3) is 0.158. The zero-order valence-corrected chi connectivity index (χ0v) is 19.2. The number of nitrogens with one attached hydrogen (secondary N) is 2. The van der Waals surface area contributed by atoms with E-state index >= 15 is 0 Å². The number of rotatable bonds is 3. The van der Waals surface area contributed by atoms with Gasteiger partial charge in [0.25, 0.3) is 11.5 Å². The third kappa shape index (κ3) is 6.74. The molecule has 0 aliphatic carbocycles. The van der Waals surface area contributed by atoms with E-state index in [-0.39, 0.29) is 11.3 Å². The molecule has 0 aromatic carbocycles. The molecule has 0 radical (unpaired) electrons. The Morgan fingerprint density at radius 1 is 1.03 bits per heavy atom. The van der Waals surface area contributed by atoms with Gasteiger partial charge in [-0.1, -0.05) is 0 Å². The van der Waals surface area contributed by atoms with E-state index in [0.29, 0.717) is 11.5 Å². The molecule has 7 N–H and O–H groups in total. The molecule has 194 valence electrons. The summed E-state index contributed by atoms with van der Waals surface area (Å²) in [6.45, 7) is 13.3. The number of aromatic nitrogens is 5. The topological polar surface area (TPSA) is 253 Å². The maximum atomic E-state index is 11.6. The SMILES string of the molecule is COC(=O)/C(O)=C(\O)C(=O)OC.[C-]#[N+]c1c[nH]n2c(=O)c(O)c(C(=O)OC)nc12.[C-]#[N+]c1cn[nH]c1N. The van der Waals surface area contributed by atoms with Crippen LogP contribution in [-0.4, -0.2) is 79.4 Å². The maximum absolute atomic E-state index is 11.6. The summed E-state index contributed by atoms with van der Waals surface area (Å²) in [4.78, 5) is 53.8. The van der Waals surface area contributed by atoms with Crippen LogP contribution in [0.25, 0.3) is 15.3 Å². The molecule has 0 saturated carbocycles. The average Bonchev–Trinajstić information content (AvgIpc) is 3.54. The minimum absolute atomic E-state index is 0.0387. The predicted molar refractivity (Wildman–Crippen MR) is 121 cm³/mol. The van der Waals surface area contributed by atoms with E-state index in [1.165, 1.54) is 12.4 Å². The Morgan fingerprint density at radius 2 is 1.57 bits per heavy atom. The van der Waals surface area contributed by atoms with Crippen molar-refractivity contribution in [1.29, 1.82) is 0 Å². The number of aromatic hydroxyl groups is 1. The van der Waals surface area contributed by atoms with Crippen molar-refractivity contribution in [1.82, 2.24) is 24.8 Å². The van der Waals surface area contributed by atoms with Crippen molar-refractivity contribution in [2.45, 2.75) is 0 Å². The summed E-state index contributed by atoms with van der Waals surface area (Å²) in [6, 6.07) is 0. The Labute approximate surface area is 205 Å². The average molecular weight is 518 g/mol. The van der Waals surface area contributed by atoms with Crippen molar-refractivity contribution >= 4 is 40.7 Å². The lowest BCUT2D eigenvalue weighted by atomic mass is 10.3. The predicted octanol–water partition coefficient (Wildman–Crippen LogP) is 0.268. The van der Waals surface area contributed by atoms with Crippen molar-refractivity contribution in [2.75, 3.05) is 27.1 Å². The van der Waals surface area contributed by atoms with Crippen molar-refractivity contribution in [3.05, 3.63) is 62.8 Å². The van der Waals surface area contributed by atoms with E-state index in [1.807, 2.05) is 0 Å². The van der Waals surface area contributed by atoms with E-state index in [0.717, 1.165) is 25.8 Å². The number of nitrogens with zero attached hydrogens (tertiary/aromatic N) is 5. The molecule has 0 spiro atoms. The summed E-state index contributed by atoms with van der Waals surface area (Å²) in [5, 5.41) is 35.4. The van der Waals surface area contributed by atoms with Gasteiger partial charge in [-0.15, -0.1) is 0 Å². The molecule has 0 aliphatic heterocycles. The smallest absolute Gasteiger partial charge is 0.377 e. The van der Waals surface area contributed by atoms with Gasteiger partial charge in [0.1, 0.15) is 5.82 Å². The lowest BCUT2D eigenvalue weighted by Gasteiger charge is -2.02. The molecular formula is C19H18N8O10. The molecular weight excluding hydrogens is 500 g/mol. The van der Waals surface area contributed by atoms with Gasteiger partial charge < -0.3 is 40.4 Å². The summed E-state index contributed by atoms with van der Waals surface area (Å²) >= 11 is 0. The van der Waals surface area contributed by atoms with Crippen LogP contribution in [0.5, 0.6) is 5.75 Å². The number of esters is 3. The second kappa shape index (κ2) is 13.0. The molecule has 0 aliphatic rings. The number of fused-ring (bicyclic) bond motifs is 1.